The zero-order valence-corrected chi connectivity index (χ0v) is 11.4. The van der Waals surface area contributed by atoms with Gasteiger partial charge in [0.2, 0.25) is 0 Å². The molecule has 0 aliphatic rings. The van der Waals surface area contributed by atoms with Crippen LogP contribution in [-0.4, -0.2) is 17.6 Å². The fourth-order valence-electron chi connectivity index (χ4n) is 1.42. The van der Waals surface area contributed by atoms with Gasteiger partial charge in [0.15, 0.2) is 0 Å². The number of pyridine rings is 1. The van der Waals surface area contributed by atoms with E-state index in [1.165, 1.54) is 0 Å². The van der Waals surface area contributed by atoms with E-state index in [2.05, 4.69) is 25.8 Å². The highest BCUT2D eigenvalue weighted by Crippen LogP contribution is 2.19. The van der Waals surface area contributed by atoms with Crippen molar-refractivity contribution in [3.05, 3.63) is 24.0 Å². The van der Waals surface area contributed by atoms with Crippen LogP contribution in [0.15, 0.2) is 18.3 Å². The molecule has 0 spiro atoms. The molecule has 17 heavy (non-hydrogen) atoms. The number of aromatic nitrogens is 1. The minimum Gasteiger partial charge on any atom is -0.492 e. The van der Waals surface area contributed by atoms with Gasteiger partial charge in [0.1, 0.15) is 5.75 Å². The third-order valence-electron chi connectivity index (χ3n) is 2.45. The maximum Gasteiger partial charge on any atom is 0.137 e. The summed E-state index contributed by atoms with van der Waals surface area (Å²) < 4.78 is 5.65. The number of hydrogen-bond donors (Lipinski definition) is 1. The first kappa shape index (κ1) is 14.0. The summed E-state index contributed by atoms with van der Waals surface area (Å²) in [6.45, 7) is 9.34. The molecule has 0 aliphatic heterocycles. The molecule has 1 aromatic rings. The van der Waals surface area contributed by atoms with Crippen molar-refractivity contribution in [2.24, 2.45) is 11.1 Å². The third-order valence-corrected chi connectivity index (χ3v) is 2.45. The second-order valence-electron chi connectivity index (χ2n) is 5.83. The molecular weight excluding hydrogens is 212 g/mol. The number of rotatable bonds is 5. The molecule has 96 valence electrons. The van der Waals surface area contributed by atoms with E-state index in [1.54, 1.807) is 6.20 Å². The molecule has 1 heterocycles. The fourth-order valence-corrected chi connectivity index (χ4v) is 1.42. The second-order valence-corrected chi connectivity index (χ2v) is 5.83. The van der Waals surface area contributed by atoms with Gasteiger partial charge in [-0.15, -0.1) is 0 Å². The van der Waals surface area contributed by atoms with Crippen molar-refractivity contribution in [2.75, 3.05) is 6.61 Å². The van der Waals surface area contributed by atoms with Crippen LogP contribution in [-0.2, 0) is 6.42 Å². The van der Waals surface area contributed by atoms with Crippen molar-refractivity contribution in [1.82, 2.24) is 4.98 Å². The number of nitrogens with zero attached hydrogens (tertiary/aromatic N) is 1. The van der Waals surface area contributed by atoms with Crippen LogP contribution in [0, 0.1) is 5.41 Å². The minimum absolute atomic E-state index is 0.148. The Kier molecular flexibility index (Phi) is 4.94. The average Bonchev–Trinajstić information content (AvgIpc) is 2.18. The van der Waals surface area contributed by atoms with E-state index in [0.29, 0.717) is 5.41 Å². The van der Waals surface area contributed by atoms with E-state index >= 15 is 0 Å². The minimum atomic E-state index is 0.148. The molecule has 1 unspecified atom stereocenters. The fraction of sp³-hybridized carbons (Fsp3) is 0.643. The van der Waals surface area contributed by atoms with Crippen molar-refractivity contribution in [3.63, 3.8) is 0 Å². The normalized spacial score (nSPS) is 13.5. The molecule has 0 aliphatic carbocycles. The van der Waals surface area contributed by atoms with E-state index in [1.807, 2.05) is 19.1 Å². The molecule has 3 nitrogen and oxygen atoms in total. The van der Waals surface area contributed by atoms with Gasteiger partial charge in [0, 0.05) is 18.2 Å². The van der Waals surface area contributed by atoms with Crippen LogP contribution >= 0.6 is 0 Å². The van der Waals surface area contributed by atoms with Crippen LogP contribution in [0.1, 0.15) is 39.8 Å². The summed E-state index contributed by atoms with van der Waals surface area (Å²) in [6, 6.07) is 4.10. The van der Waals surface area contributed by atoms with Crippen LogP contribution in [0.25, 0.3) is 0 Å². The number of ether oxygens (including phenoxy) is 1. The van der Waals surface area contributed by atoms with E-state index in [-0.39, 0.29) is 6.04 Å². The maximum absolute atomic E-state index is 5.72. The molecule has 0 saturated heterocycles. The van der Waals surface area contributed by atoms with E-state index in [4.69, 9.17) is 10.5 Å². The first-order chi connectivity index (χ1) is 7.87. The Hall–Kier alpha value is -1.09. The van der Waals surface area contributed by atoms with Gasteiger partial charge in [-0.1, -0.05) is 20.8 Å². The van der Waals surface area contributed by atoms with Crippen molar-refractivity contribution < 1.29 is 4.74 Å². The van der Waals surface area contributed by atoms with Gasteiger partial charge in [-0.25, -0.2) is 0 Å². The smallest absolute Gasteiger partial charge is 0.137 e. The van der Waals surface area contributed by atoms with Crippen LogP contribution in [0.3, 0.4) is 0 Å². The first-order valence-corrected chi connectivity index (χ1v) is 6.20. The van der Waals surface area contributed by atoms with Crippen molar-refractivity contribution >= 4 is 0 Å². The van der Waals surface area contributed by atoms with Gasteiger partial charge in [-0.2, -0.15) is 0 Å². The Balaban J connectivity index is 2.40. The molecule has 0 radical (unpaired) electrons. The van der Waals surface area contributed by atoms with E-state index in [0.717, 1.165) is 30.9 Å². The zero-order valence-electron chi connectivity index (χ0n) is 11.4. The van der Waals surface area contributed by atoms with Gasteiger partial charge in [-0.05, 0) is 30.9 Å². The lowest BCUT2D eigenvalue weighted by Crippen LogP contribution is -2.18. The highest BCUT2D eigenvalue weighted by molar-refractivity contribution is 5.20. The lowest BCUT2D eigenvalue weighted by atomic mass is 9.93. The molecule has 0 aromatic carbocycles. The van der Waals surface area contributed by atoms with Crippen molar-refractivity contribution in [2.45, 2.75) is 46.6 Å². The summed E-state index contributed by atoms with van der Waals surface area (Å²) >= 11 is 0. The predicted octanol–water partition coefficient (Wildman–Crippen LogP) is 2.79. The summed E-state index contributed by atoms with van der Waals surface area (Å²) in [5, 5.41) is 0. The molecular formula is C14H24N2O. The Labute approximate surface area is 104 Å². The molecule has 1 rings (SSSR count). The topological polar surface area (TPSA) is 48.1 Å². The molecule has 0 amide bonds. The highest BCUT2D eigenvalue weighted by Gasteiger charge is 2.09. The molecule has 3 heteroatoms. The monoisotopic (exact) mass is 236 g/mol. The third kappa shape index (κ3) is 6.27. The first-order valence-electron chi connectivity index (χ1n) is 6.20. The van der Waals surface area contributed by atoms with Crippen LogP contribution < -0.4 is 10.5 Å². The summed E-state index contributed by atoms with van der Waals surface area (Å²) in [7, 11) is 0. The predicted molar refractivity (Wildman–Crippen MR) is 71.2 cm³/mol. The largest absolute Gasteiger partial charge is 0.492 e. The van der Waals surface area contributed by atoms with Gasteiger partial charge in [0.25, 0.3) is 0 Å². The van der Waals surface area contributed by atoms with Crippen LogP contribution in [0.2, 0.25) is 0 Å². The van der Waals surface area contributed by atoms with Gasteiger partial charge >= 0.3 is 0 Å². The van der Waals surface area contributed by atoms with E-state index in [9.17, 15) is 0 Å². The standard InChI is InChI=1S/C14H24N2O/c1-11(15)9-12-5-6-13(10-16-12)17-8-7-14(2,3)4/h5-6,10-11H,7-9,15H2,1-4H3. The van der Waals surface area contributed by atoms with Gasteiger partial charge < -0.3 is 10.5 Å². The van der Waals surface area contributed by atoms with Gasteiger partial charge in [0.05, 0.1) is 12.8 Å². The zero-order chi connectivity index (χ0) is 12.9. The molecule has 1 atom stereocenters. The van der Waals surface area contributed by atoms with Crippen molar-refractivity contribution in [3.8, 4) is 5.75 Å². The molecule has 0 fully saturated rings. The average molecular weight is 236 g/mol. The Morgan fingerprint density at radius 1 is 1.35 bits per heavy atom. The SMILES string of the molecule is CC(N)Cc1ccc(OCCC(C)(C)C)cn1. The summed E-state index contributed by atoms with van der Waals surface area (Å²) in [6.07, 6.45) is 3.62. The number of hydrogen-bond acceptors (Lipinski definition) is 3. The van der Waals surface area contributed by atoms with Crippen LogP contribution in [0.5, 0.6) is 5.75 Å². The molecule has 2 N–H and O–H groups in total. The second kappa shape index (κ2) is 6.01. The summed E-state index contributed by atoms with van der Waals surface area (Å²) in [5.74, 6) is 0.836. The maximum atomic E-state index is 5.72. The van der Waals surface area contributed by atoms with E-state index < -0.39 is 0 Å². The Morgan fingerprint density at radius 2 is 2.06 bits per heavy atom. The highest BCUT2D eigenvalue weighted by atomic mass is 16.5. The lowest BCUT2D eigenvalue weighted by molar-refractivity contribution is 0.242. The Morgan fingerprint density at radius 3 is 2.53 bits per heavy atom. The molecule has 1 aromatic heterocycles. The lowest BCUT2D eigenvalue weighted by Gasteiger charge is -2.18. The number of nitrogens with two attached hydrogens (primary N) is 1. The molecule has 0 bridgehead atoms. The quantitative estimate of drug-likeness (QED) is 0.855. The Bertz CT molecular complexity index is 325. The van der Waals surface area contributed by atoms with Gasteiger partial charge in [-0.3, -0.25) is 4.98 Å². The summed E-state index contributed by atoms with van der Waals surface area (Å²) in [4.78, 5) is 4.33. The molecule has 0 saturated carbocycles. The van der Waals surface area contributed by atoms with Crippen molar-refractivity contribution in [1.29, 1.82) is 0 Å². The van der Waals surface area contributed by atoms with Crippen LogP contribution in [0.4, 0.5) is 0 Å². The summed E-state index contributed by atoms with van der Waals surface area (Å²) in [5.41, 5.74) is 7.04.